The van der Waals surface area contributed by atoms with Crippen molar-refractivity contribution in [1.29, 1.82) is 0 Å². The first kappa shape index (κ1) is 1.74. The highest BCUT2D eigenvalue weighted by Gasteiger charge is 1.86. The van der Waals surface area contributed by atoms with E-state index in [4.69, 9.17) is 11.2 Å². The van der Waals surface area contributed by atoms with Gasteiger partial charge in [-0.2, -0.15) is 0 Å². The van der Waals surface area contributed by atoms with Gasteiger partial charge in [0, 0.05) is 4.11 Å². The molecule has 1 aromatic rings. The Morgan fingerprint density at radius 3 is 3.43 bits per heavy atom. The van der Waals surface area contributed by atoms with Crippen LogP contribution in [0.3, 0.4) is 0 Å². The van der Waals surface area contributed by atoms with Gasteiger partial charge in [0.25, 0.3) is 0 Å². The molecule has 0 bridgehead atoms. The monoisotopic (exact) mass is 118 g/mol. The third-order valence-electron chi connectivity index (χ3n) is 0.474. The molecule has 0 aliphatic heterocycles. The van der Waals surface area contributed by atoms with Crippen LogP contribution in [0.2, 0.25) is 0 Å². The molecular weight excluding hydrogens is 108 g/mol. The molecule has 7 heavy (non-hydrogen) atoms. The summed E-state index contributed by atoms with van der Waals surface area (Å²) in [7, 11) is 0. The average molecular weight is 118 g/mol. The van der Waals surface area contributed by atoms with Crippen LogP contribution in [-0.4, -0.2) is 4.98 Å². The largest absolute Gasteiger partial charge is 0.389 e. The molecule has 0 saturated carbocycles. The fraction of sp³-hybridized carbons (Fsp3) is 0.250. The second kappa shape index (κ2) is 1.50. The SMILES string of the molecule is [2H]c1nc(C([2H])([2H])[2H])sc1N. The fourth-order valence-corrected chi connectivity index (χ4v) is 0.647. The summed E-state index contributed by atoms with van der Waals surface area (Å²) in [5, 5.41) is 0.0797. The Balaban J connectivity index is 3.08. The molecule has 0 aromatic carbocycles. The second-order valence-electron chi connectivity index (χ2n) is 0.995. The van der Waals surface area contributed by atoms with Gasteiger partial charge in [0.15, 0.2) is 0 Å². The van der Waals surface area contributed by atoms with Crippen LogP contribution in [0.5, 0.6) is 0 Å². The van der Waals surface area contributed by atoms with Gasteiger partial charge < -0.3 is 5.73 Å². The van der Waals surface area contributed by atoms with Gasteiger partial charge in [-0.05, 0) is 6.85 Å². The van der Waals surface area contributed by atoms with Gasteiger partial charge in [-0.15, -0.1) is 11.3 Å². The number of aromatic nitrogens is 1. The molecule has 2 N–H and O–H groups in total. The molecule has 1 rings (SSSR count). The predicted octanol–water partition coefficient (Wildman–Crippen LogP) is 1.03. The number of aryl methyl sites for hydroxylation is 1. The minimum Gasteiger partial charge on any atom is -0.389 e. The predicted molar refractivity (Wildman–Crippen MR) is 31.3 cm³/mol. The van der Waals surface area contributed by atoms with Gasteiger partial charge in [0.2, 0.25) is 0 Å². The Labute approximate surface area is 51.6 Å². The molecular formula is C4H6N2S. The molecule has 0 unspecified atom stereocenters. The molecule has 0 fully saturated rings. The molecule has 0 aliphatic rings. The highest BCUT2D eigenvalue weighted by molar-refractivity contribution is 7.15. The summed E-state index contributed by atoms with van der Waals surface area (Å²) in [5.41, 5.74) is 5.26. The van der Waals surface area contributed by atoms with E-state index in [0.29, 0.717) is 0 Å². The Hall–Kier alpha value is -0.570. The molecule has 0 spiro atoms. The minimum atomic E-state index is -2.24. The molecule has 0 atom stereocenters. The van der Waals surface area contributed by atoms with Crippen molar-refractivity contribution in [3.63, 3.8) is 0 Å². The maximum absolute atomic E-state index is 7.04. The molecule has 2 nitrogen and oxygen atoms in total. The summed E-state index contributed by atoms with van der Waals surface area (Å²) in [6, 6.07) is 0. The van der Waals surface area contributed by atoms with E-state index in [0.717, 1.165) is 11.3 Å². The third kappa shape index (κ3) is 0.899. The van der Waals surface area contributed by atoms with Crippen LogP contribution >= 0.6 is 11.3 Å². The number of anilines is 1. The summed E-state index contributed by atoms with van der Waals surface area (Å²) < 4.78 is 27.8. The lowest BCUT2D eigenvalue weighted by Gasteiger charge is -1.70. The van der Waals surface area contributed by atoms with E-state index < -0.39 is 6.85 Å². The summed E-state index contributed by atoms with van der Waals surface area (Å²) in [6.07, 6.45) is -0.152. The Kier molecular flexibility index (Phi) is 0.373. The standard InChI is InChI=1S/C4H6N2S/c1-3-6-2-4(5)7-3/h2H,5H2,1H3/i1D3,2D. The van der Waals surface area contributed by atoms with Crippen LogP contribution in [0.15, 0.2) is 6.17 Å². The molecule has 0 saturated heterocycles. The smallest absolute Gasteiger partial charge is 0.106 e. The average Bonchev–Trinajstić information content (AvgIpc) is 2.11. The van der Waals surface area contributed by atoms with Crippen molar-refractivity contribution < 1.29 is 5.48 Å². The quantitative estimate of drug-likeness (QED) is 0.552. The molecule has 3 heteroatoms. The lowest BCUT2D eigenvalue weighted by atomic mass is 10.8. The summed E-state index contributed by atoms with van der Waals surface area (Å²) in [5.74, 6) is 0. The highest BCUT2D eigenvalue weighted by Crippen LogP contribution is 2.11. The van der Waals surface area contributed by atoms with E-state index in [2.05, 4.69) is 4.98 Å². The van der Waals surface area contributed by atoms with Crippen molar-refractivity contribution in [3.8, 4) is 0 Å². The number of rotatable bonds is 0. The number of thiazole rings is 1. The van der Waals surface area contributed by atoms with E-state index in [1.165, 1.54) is 0 Å². The van der Waals surface area contributed by atoms with E-state index in [1.54, 1.807) is 0 Å². The van der Waals surface area contributed by atoms with Crippen molar-refractivity contribution in [3.05, 3.63) is 11.2 Å². The number of hydrogen-bond donors (Lipinski definition) is 1. The van der Waals surface area contributed by atoms with Crippen molar-refractivity contribution in [2.45, 2.75) is 6.85 Å². The van der Waals surface area contributed by atoms with Gasteiger partial charge >= 0.3 is 0 Å². The second-order valence-corrected chi connectivity index (χ2v) is 2.03. The van der Waals surface area contributed by atoms with Gasteiger partial charge in [0.1, 0.15) is 5.00 Å². The van der Waals surface area contributed by atoms with E-state index >= 15 is 0 Å². The van der Waals surface area contributed by atoms with E-state index in [9.17, 15) is 0 Å². The first-order chi connectivity index (χ1) is 4.91. The van der Waals surface area contributed by atoms with Crippen LogP contribution in [-0.2, 0) is 0 Å². The Morgan fingerprint density at radius 1 is 2.29 bits per heavy atom. The first-order valence-corrected chi connectivity index (χ1v) is 2.46. The van der Waals surface area contributed by atoms with Crippen LogP contribution in [0, 0.1) is 6.85 Å². The third-order valence-corrected chi connectivity index (χ3v) is 1.07. The Bertz CT molecular complexity index is 246. The summed E-state index contributed by atoms with van der Waals surface area (Å²) in [4.78, 5) is 3.48. The number of hydrogen-bond acceptors (Lipinski definition) is 3. The van der Waals surface area contributed by atoms with Crippen molar-refractivity contribution >= 4 is 16.3 Å². The van der Waals surface area contributed by atoms with Crippen LogP contribution < -0.4 is 5.73 Å². The van der Waals surface area contributed by atoms with Gasteiger partial charge in [-0.3, -0.25) is 0 Å². The molecule has 1 aromatic heterocycles. The van der Waals surface area contributed by atoms with Crippen LogP contribution in [0.1, 0.15) is 10.5 Å². The van der Waals surface area contributed by atoms with Crippen LogP contribution in [0.4, 0.5) is 5.00 Å². The lowest BCUT2D eigenvalue weighted by molar-refractivity contribution is 1.30. The van der Waals surface area contributed by atoms with E-state index in [-0.39, 0.29) is 16.2 Å². The molecule has 0 radical (unpaired) electrons. The van der Waals surface area contributed by atoms with Crippen LogP contribution in [0.25, 0.3) is 0 Å². The fourth-order valence-electron chi connectivity index (χ4n) is 0.256. The van der Waals surface area contributed by atoms with Crippen molar-refractivity contribution in [2.24, 2.45) is 0 Å². The summed E-state index contributed by atoms with van der Waals surface area (Å²) >= 11 is 0.838. The van der Waals surface area contributed by atoms with Crippen molar-refractivity contribution in [1.82, 2.24) is 4.98 Å². The zero-order valence-electron chi connectivity index (χ0n) is 7.43. The maximum atomic E-state index is 7.04. The molecule has 0 amide bonds. The minimum absolute atomic E-state index is 0.0694. The highest BCUT2D eigenvalue weighted by atomic mass is 32.1. The number of nitrogens with two attached hydrogens (primary N) is 1. The number of nitrogen functional groups attached to an aromatic ring is 1. The lowest BCUT2D eigenvalue weighted by Crippen LogP contribution is -1.73. The topological polar surface area (TPSA) is 38.9 Å². The first-order valence-electron chi connectivity index (χ1n) is 3.64. The molecule has 38 valence electrons. The summed E-state index contributed by atoms with van der Waals surface area (Å²) in [6.45, 7) is -2.24. The van der Waals surface area contributed by atoms with Gasteiger partial charge in [0.05, 0.1) is 12.6 Å². The normalized spacial score (nSPS) is 19.4. The van der Waals surface area contributed by atoms with E-state index in [1.807, 2.05) is 0 Å². The molecule has 1 heterocycles. The van der Waals surface area contributed by atoms with Crippen molar-refractivity contribution in [2.75, 3.05) is 5.73 Å². The number of nitrogens with zero attached hydrogens (tertiary/aromatic N) is 1. The molecule has 0 aliphatic carbocycles. The zero-order chi connectivity index (χ0) is 8.65. The maximum Gasteiger partial charge on any atom is 0.106 e. The Morgan fingerprint density at radius 2 is 3.14 bits per heavy atom. The van der Waals surface area contributed by atoms with Gasteiger partial charge in [-0.1, -0.05) is 0 Å². The van der Waals surface area contributed by atoms with Gasteiger partial charge in [-0.25, -0.2) is 4.98 Å². The zero-order valence-corrected chi connectivity index (χ0v) is 4.25.